The van der Waals surface area contributed by atoms with Gasteiger partial charge in [-0.3, -0.25) is 0 Å². The maximum Gasteiger partial charge on any atom is 0.333 e. The number of hydrogen-bond acceptors (Lipinski definition) is 9. The monoisotopic (exact) mass is 397 g/mol. The number of nitrogens with zero attached hydrogens (tertiary/aromatic N) is 3. The summed E-state index contributed by atoms with van der Waals surface area (Å²) in [6, 6.07) is 1.42. The summed E-state index contributed by atoms with van der Waals surface area (Å²) in [6.45, 7) is 4.38. The number of carbonyl (C=O) groups is 1. The number of hydrogen-bond donors (Lipinski definition) is 2. The number of carboxylic acid groups (broad SMARTS) is 1. The van der Waals surface area contributed by atoms with E-state index >= 15 is 0 Å². The number of likely N-dealkylation sites (N-methyl/N-ethyl adjacent to an activating group) is 1. The minimum Gasteiger partial charge on any atom is -0.505 e. The summed E-state index contributed by atoms with van der Waals surface area (Å²) in [7, 11) is 3.32. The number of methoxy groups -OCH3 is 1. The van der Waals surface area contributed by atoms with Gasteiger partial charge in [-0.15, -0.1) is 0 Å². The van der Waals surface area contributed by atoms with E-state index in [9.17, 15) is 15.0 Å². The van der Waals surface area contributed by atoms with Gasteiger partial charge in [-0.1, -0.05) is 0 Å². The van der Waals surface area contributed by atoms with E-state index in [2.05, 4.69) is 9.98 Å². The van der Waals surface area contributed by atoms with Crippen molar-refractivity contribution in [2.45, 2.75) is 12.5 Å². The standard InChI is InChI=1S/C18H27N3O7/c1-18(17(23)24)12-21(2)16(20-18)15-14(22)10-13(11-19-15)28-9-8-27-7-6-26-5-4-25-3/h10-11,22H,4-9,12H2,1-3H3,(H,23,24). The average molecular weight is 397 g/mol. The van der Waals surface area contributed by atoms with Crippen LogP contribution in [-0.4, -0.2) is 97.8 Å². The van der Waals surface area contributed by atoms with Crippen LogP contribution in [0.25, 0.3) is 0 Å². The van der Waals surface area contributed by atoms with Gasteiger partial charge in [0.2, 0.25) is 0 Å². The lowest BCUT2D eigenvalue weighted by atomic mass is 10.1. The number of aliphatic carboxylic acids is 1. The highest BCUT2D eigenvalue weighted by Crippen LogP contribution is 2.28. The van der Waals surface area contributed by atoms with E-state index < -0.39 is 11.5 Å². The molecule has 0 saturated carbocycles. The molecule has 28 heavy (non-hydrogen) atoms. The van der Waals surface area contributed by atoms with Crippen LogP contribution >= 0.6 is 0 Å². The second-order valence-corrected chi connectivity index (χ2v) is 6.48. The number of rotatable bonds is 12. The number of aromatic hydroxyl groups is 1. The molecule has 156 valence electrons. The second-order valence-electron chi connectivity index (χ2n) is 6.48. The van der Waals surface area contributed by atoms with Crippen molar-refractivity contribution in [2.24, 2.45) is 4.99 Å². The predicted molar refractivity (Wildman–Crippen MR) is 100 cm³/mol. The summed E-state index contributed by atoms with van der Waals surface area (Å²) in [5.74, 6) is -0.461. The molecule has 1 atom stereocenters. The minimum atomic E-state index is -1.27. The first-order valence-electron chi connectivity index (χ1n) is 8.88. The van der Waals surface area contributed by atoms with Gasteiger partial charge < -0.3 is 34.1 Å². The zero-order valence-electron chi connectivity index (χ0n) is 16.4. The Morgan fingerprint density at radius 2 is 1.86 bits per heavy atom. The Morgan fingerprint density at radius 1 is 1.21 bits per heavy atom. The van der Waals surface area contributed by atoms with Crippen molar-refractivity contribution >= 4 is 11.8 Å². The molecule has 0 saturated heterocycles. The molecule has 0 aromatic carbocycles. The van der Waals surface area contributed by atoms with Crippen molar-refractivity contribution in [2.75, 3.05) is 60.3 Å². The average Bonchev–Trinajstić information content (AvgIpc) is 2.96. The molecular weight excluding hydrogens is 370 g/mol. The molecule has 1 aromatic heterocycles. The first-order valence-corrected chi connectivity index (χ1v) is 8.88. The highest BCUT2D eigenvalue weighted by Gasteiger charge is 2.41. The number of aromatic nitrogens is 1. The minimum absolute atomic E-state index is 0.134. The lowest BCUT2D eigenvalue weighted by Crippen LogP contribution is -2.38. The van der Waals surface area contributed by atoms with E-state index in [1.165, 1.54) is 19.2 Å². The zero-order chi connectivity index (χ0) is 20.6. The van der Waals surface area contributed by atoms with E-state index in [4.69, 9.17) is 18.9 Å². The Kier molecular flexibility index (Phi) is 7.97. The van der Waals surface area contributed by atoms with Gasteiger partial charge in [-0.2, -0.15) is 0 Å². The summed E-state index contributed by atoms with van der Waals surface area (Å²) in [5.41, 5.74) is -1.05. The molecular formula is C18H27N3O7. The van der Waals surface area contributed by atoms with Crippen LogP contribution in [0.2, 0.25) is 0 Å². The number of pyridine rings is 1. The van der Waals surface area contributed by atoms with E-state index in [0.717, 1.165) is 0 Å². The Balaban J connectivity index is 1.82. The molecule has 1 aliphatic rings. The molecule has 0 spiro atoms. The van der Waals surface area contributed by atoms with Gasteiger partial charge >= 0.3 is 5.97 Å². The molecule has 2 N–H and O–H groups in total. The summed E-state index contributed by atoms with van der Waals surface area (Å²) in [5, 5.41) is 19.6. The van der Waals surface area contributed by atoms with Crippen molar-refractivity contribution in [1.29, 1.82) is 0 Å². The number of carboxylic acids is 1. The molecule has 0 bridgehead atoms. The molecule has 0 amide bonds. The fourth-order valence-corrected chi connectivity index (χ4v) is 2.61. The number of amidine groups is 1. The highest BCUT2D eigenvalue weighted by atomic mass is 16.6. The van der Waals surface area contributed by atoms with Crippen LogP contribution < -0.4 is 4.74 Å². The molecule has 1 unspecified atom stereocenters. The fourth-order valence-electron chi connectivity index (χ4n) is 2.61. The van der Waals surface area contributed by atoms with Crippen LogP contribution in [0.4, 0.5) is 0 Å². The number of aliphatic imine (C=N–C) groups is 1. The first-order chi connectivity index (χ1) is 13.4. The Labute approximate surface area is 163 Å². The van der Waals surface area contributed by atoms with E-state index in [-0.39, 0.29) is 24.6 Å². The van der Waals surface area contributed by atoms with Crippen molar-refractivity contribution in [3.63, 3.8) is 0 Å². The molecule has 10 heteroatoms. The highest BCUT2D eigenvalue weighted by molar-refractivity contribution is 6.03. The molecule has 2 heterocycles. The van der Waals surface area contributed by atoms with Gasteiger partial charge in [0.15, 0.2) is 11.4 Å². The SMILES string of the molecule is COCCOCCOCCOc1cnc(C2=NC(C)(C(=O)O)CN2C)c(O)c1. The van der Waals surface area contributed by atoms with Crippen LogP contribution in [0.5, 0.6) is 11.5 Å². The maximum atomic E-state index is 11.4. The molecule has 10 nitrogen and oxygen atoms in total. The van der Waals surface area contributed by atoms with Gasteiger partial charge in [0, 0.05) is 20.2 Å². The third-order valence-corrected chi connectivity index (χ3v) is 4.07. The van der Waals surface area contributed by atoms with Gasteiger partial charge in [0.25, 0.3) is 0 Å². The second kappa shape index (κ2) is 10.2. The van der Waals surface area contributed by atoms with Gasteiger partial charge in [0.05, 0.1) is 45.8 Å². The normalized spacial score (nSPS) is 19.0. The maximum absolute atomic E-state index is 11.4. The van der Waals surface area contributed by atoms with E-state index in [0.29, 0.717) is 44.6 Å². The largest absolute Gasteiger partial charge is 0.505 e. The van der Waals surface area contributed by atoms with Gasteiger partial charge in [-0.25, -0.2) is 14.8 Å². The molecule has 1 aromatic rings. The van der Waals surface area contributed by atoms with Crippen molar-refractivity contribution in [3.05, 3.63) is 18.0 Å². The third-order valence-electron chi connectivity index (χ3n) is 4.07. The zero-order valence-corrected chi connectivity index (χ0v) is 16.4. The summed E-state index contributed by atoms with van der Waals surface area (Å²) >= 11 is 0. The van der Waals surface area contributed by atoms with Gasteiger partial charge in [0.1, 0.15) is 23.8 Å². The molecule has 2 rings (SSSR count). The summed E-state index contributed by atoms with van der Waals surface area (Å²) in [4.78, 5) is 21.4. The van der Waals surface area contributed by atoms with E-state index in [1.54, 1.807) is 19.1 Å². The lowest BCUT2D eigenvalue weighted by molar-refractivity contribution is -0.142. The fraction of sp³-hybridized carbons (Fsp3) is 0.611. The van der Waals surface area contributed by atoms with Crippen LogP contribution in [0.3, 0.4) is 0 Å². The summed E-state index contributed by atoms with van der Waals surface area (Å²) < 4.78 is 21.0. The first kappa shape index (κ1) is 21.9. The van der Waals surface area contributed by atoms with Crippen LogP contribution in [-0.2, 0) is 19.0 Å². The third kappa shape index (κ3) is 5.78. The molecule has 0 aliphatic carbocycles. The van der Waals surface area contributed by atoms with Crippen molar-refractivity contribution in [1.82, 2.24) is 9.88 Å². The molecule has 0 fully saturated rings. The van der Waals surface area contributed by atoms with Crippen molar-refractivity contribution < 1.29 is 34.0 Å². The van der Waals surface area contributed by atoms with Gasteiger partial charge in [-0.05, 0) is 6.92 Å². The molecule has 0 radical (unpaired) electrons. The predicted octanol–water partition coefficient (Wildman–Crippen LogP) is 0.381. The quantitative estimate of drug-likeness (QED) is 0.482. The Morgan fingerprint density at radius 3 is 2.43 bits per heavy atom. The van der Waals surface area contributed by atoms with Crippen LogP contribution in [0, 0.1) is 0 Å². The smallest absolute Gasteiger partial charge is 0.333 e. The van der Waals surface area contributed by atoms with Crippen molar-refractivity contribution in [3.8, 4) is 11.5 Å². The Hall–Kier alpha value is -2.43. The van der Waals surface area contributed by atoms with Crippen LogP contribution in [0.1, 0.15) is 12.6 Å². The lowest BCUT2D eigenvalue weighted by Gasteiger charge is -2.17. The topological polar surface area (TPSA) is 123 Å². The Bertz CT molecular complexity index is 698. The van der Waals surface area contributed by atoms with E-state index in [1.807, 2.05) is 0 Å². The molecule has 1 aliphatic heterocycles. The number of ether oxygens (including phenoxy) is 4. The van der Waals surface area contributed by atoms with Crippen LogP contribution in [0.15, 0.2) is 17.3 Å². The summed E-state index contributed by atoms with van der Waals surface area (Å²) in [6.07, 6.45) is 1.45.